The Balaban J connectivity index is 1.31. The number of para-hydroxylation sites is 1. The van der Waals surface area contributed by atoms with Crippen molar-refractivity contribution in [1.29, 1.82) is 0 Å². The lowest BCUT2D eigenvalue weighted by Crippen LogP contribution is -2.34. The van der Waals surface area contributed by atoms with E-state index in [2.05, 4.69) is 39.7 Å². The molecule has 4 rings (SSSR count). The molecule has 1 heterocycles. The first kappa shape index (κ1) is 24.6. The summed E-state index contributed by atoms with van der Waals surface area (Å²) in [5.41, 5.74) is 6.82. The molecule has 7 nitrogen and oxygen atoms in total. The van der Waals surface area contributed by atoms with E-state index in [4.69, 9.17) is 0 Å². The monoisotopic (exact) mass is 490 g/mol. The van der Waals surface area contributed by atoms with Crippen molar-refractivity contribution < 1.29 is 13.2 Å². The highest BCUT2D eigenvalue weighted by molar-refractivity contribution is 7.92. The second-order valence-electron chi connectivity index (χ2n) is 8.68. The molecule has 0 saturated carbocycles. The van der Waals surface area contributed by atoms with Crippen LogP contribution in [0.4, 0.5) is 5.69 Å². The summed E-state index contributed by atoms with van der Waals surface area (Å²) in [6, 6.07) is 26.3. The Morgan fingerprint density at radius 2 is 1.49 bits per heavy atom. The van der Waals surface area contributed by atoms with Gasteiger partial charge in [0.25, 0.3) is 5.91 Å². The number of nitrogens with zero attached hydrogens (tertiary/aromatic N) is 3. The molecule has 0 aromatic heterocycles. The summed E-state index contributed by atoms with van der Waals surface area (Å²) in [4.78, 5) is 15.0. The first-order valence-electron chi connectivity index (χ1n) is 11.6. The summed E-state index contributed by atoms with van der Waals surface area (Å²) in [5, 5.41) is 4.35. The van der Waals surface area contributed by atoms with Gasteiger partial charge in [-0.3, -0.25) is 14.0 Å². The summed E-state index contributed by atoms with van der Waals surface area (Å²) in [5.74, 6) is -0.279. The lowest BCUT2D eigenvalue weighted by atomic mass is 10.1. The van der Waals surface area contributed by atoms with Crippen LogP contribution in [0.2, 0.25) is 0 Å². The molecular weight excluding hydrogens is 460 g/mol. The van der Waals surface area contributed by atoms with Crippen LogP contribution in [0.1, 0.15) is 34.3 Å². The van der Waals surface area contributed by atoms with Crippen LogP contribution in [0.15, 0.2) is 90.0 Å². The molecule has 1 aliphatic heterocycles. The van der Waals surface area contributed by atoms with Gasteiger partial charge in [-0.15, -0.1) is 0 Å². The molecule has 0 spiro atoms. The molecule has 0 bridgehead atoms. The number of carbonyl (C=O) groups is 1. The van der Waals surface area contributed by atoms with E-state index in [0.717, 1.165) is 43.8 Å². The number of piperidine rings is 1. The van der Waals surface area contributed by atoms with E-state index in [9.17, 15) is 13.2 Å². The largest absolute Gasteiger partial charge is 0.298 e. The van der Waals surface area contributed by atoms with Crippen molar-refractivity contribution in [1.82, 2.24) is 10.3 Å². The number of rotatable bonds is 8. The molecule has 3 aromatic carbocycles. The van der Waals surface area contributed by atoms with Crippen molar-refractivity contribution in [3.8, 4) is 0 Å². The number of anilines is 1. The third-order valence-electron chi connectivity index (χ3n) is 5.98. The van der Waals surface area contributed by atoms with E-state index in [0.29, 0.717) is 11.3 Å². The molecule has 1 saturated heterocycles. The number of benzene rings is 3. The zero-order valence-corrected chi connectivity index (χ0v) is 20.6. The summed E-state index contributed by atoms with van der Waals surface area (Å²) in [6.45, 7) is 2.94. The van der Waals surface area contributed by atoms with Gasteiger partial charge in [-0.2, -0.15) is 5.10 Å². The first-order chi connectivity index (χ1) is 16.9. The van der Waals surface area contributed by atoms with Gasteiger partial charge < -0.3 is 0 Å². The second-order valence-corrected chi connectivity index (χ2v) is 10.6. The average molecular weight is 491 g/mol. The van der Waals surface area contributed by atoms with Crippen LogP contribution in [0.3, 0.4) is 0 Å². The van der Waals surface area contributed by atoms with E-state index in [1.807, 2.05) is 12.1 Å². The number of nitrogens with one attached hydrogen (secondary N) is 1. The predicted molar refractivity (Wildman–Crippen MR) is 140 cm³/mol. The zero-order valence-electron chi connectivity index (χ0n) is 19.8. The smallest absolute Gasteiger partial charge is 0.271 e. The number of hydrogen-bond donors (Lipinski definition) is 1. The molecule has 0 unspecified atom stereocenters. The summed E-state index contributed by atoms with van der Waals surface area (Å²) >= 11 is 0. The molecule has 0 radical (unpaired) electrons. The third kappa shape index (κ3) is 7.00. The number of amides is 1. The quantitative estimate of drug-likeness (QED) is 0.483. The van der Waals surface area contributed by atoms with Crippen molar-refractivity contribution in [2.24, 2.45) is 5.10 Å². The fourth-order valence-corrected chi connectivity index (χ4v) is 4.93. The highest BCUT2D eigenvalue weighted by atomic mass is 32.2. The highest BCUT2D eigenvalue weighted by Crippen LogP contribution is 2.20. The van der Waals surface area contributed by atoms with E-state index < -0.39 is 10.0 Å². The van der Waals surface area contributed by atoms with Crippen LogP contribution in [0.25, 0.3) is 0 Å². The van der Waals surface area contributed by atoms with Gasteiger partial charge in [0.2, 0.25) is 10.0 Å². The van der Waals surface area contributed by atoms with Crippen LogP contribution in [-0.2, 0) is 23.1 Å². The molecule has 182 valence electrons. The zero-order chi connectivity index (χ0) is 24.7. The molecule has 1 N–H and O–H groups in total. The van der Waals surface area contributed by atoms with Gasteiger partial charge >= 0.3 is 0 Å². The molecule has 3 aromatic rings. The number of hydrazone groups is 1. The topological polar surface area (TPSA) is 82.1 Å². The van der Waals surface area contributed by atoms with Crippen LogP contribution < -0.4 is 9.73 Å². The molecular formula is C27H30N4O3S. The SMILES string of the molecule is CS(=O)(=O)N(Cc1ccc(C(=O)NN=C2CCN(Cc3ccccc3)CC2)cc1)c1ccccc1. The van der Waals surface area contributed by atoms with Crippen molar-refractivity contribution in [3.63, 3.8) is 0 Å². The van der Waals surface area contributed by atoms with E-state index in [1.165, 1.54) is 16.1 Å². The Labute approximate surface area is 207 Å². The molecule has 0 atom stereocenters. The van der Waals surface area contributed by atoms with Gasteiger partial charge in [0.1, 0.15) is 0 Å². The van der Waals surface area contributed by atoms with Gasteiger partial charge in [0, 0.05) is 43.8 Å². The lowest BCUT2D eigenvalue weighted by molar-refractivity contribution is 0.0954. The Morgan fingerprint density at radius 3 is 2.09 bits per heavy atom. The maximum atomic E-state index is 12.6. The van der Waals surface area contributed by atoms with Crippen molar-refractivity contribution >= 4 is 27.3 Å². The summed E-state index contributed by atoms with van der Waals surface area (Å²) in [7, 11) is -3.45. The second kappa shape index (κ2) is 11.3. The summed E-state index contributed by atoms with van der Waals surface area (Å²) in [6.07, 6.45) is 2.84. The third-order valence-corrected chi connectivity index (χ3v) is 7.13. The standard InChI is InChI=1S/C27H30N4O3S/c1-35(33,34)31(26-10-6-3-7-11-26)21-23-12-14-24(15-13-23)27(32)29-28-25-16-18-30(19-17-25)20-22-8-4-2-5-9-22/h2-15H,16-21H2,1H3,(H,29,32). The molecule has 1 fully saturated rings. The fourth-order valence-electron chi connectivity index (χ4n) is 4.04. The van der Waals surface area contributed by atoms with Gasteiger partial charge in [-0.25, -0.2) is 13.8 Å². The van der Waals surface area contributed by atoms with Gasteiger partial charge in [-0.1, -0.05) is 60.7 Å². The van der Waals surface area contributed by atoms with Gasteiger partial charge in [0.15, 0.2) is 0 Å². The van der Waals surface area contributed by atoms with Gasteiger partial charge in [0.05, 0.1) is 18.5 Å². The molecule has 1 aliphatic rings. The first-order valence-corrected chi connectivity index (χ1v) is 13.5. The number of carbonyl (C=O) groups excluding carboxylic acids is 1. The van der Waals surface area contributed by atoms with E-state index in [-0.39, 0.29) is 12.5 Å². The predicted octanol–water partition coefficient (Wildman–Crippen LogP) is 4.03. The van der Waals surface area contributed by atoms with Crippen molar-refractivity contribution in [2.45, 2.75) is 25.9 Å². The Hall–Kier alpha value is -3.49. The molecule has 1 amide bonds. The fraction of sp³-hybridized carbons (Fsp3) is 0.259. The normalized spacial score (nSPS) is 14.4. The van der Waals surface area contributed by atoms with E-state index in [1.54, 1.807) is 48.5 Å². The minimum Gasteiger partial charge on any atom is -0.298 e. The van der Waals surface area contributed by atoms with Crippen LogP contribution >= 0.6 is 0 Å². The number of hydrogen-bond acceptors (Lipinski definition) is 5. The van der Waals surface area contributed by atoms with Gasteiger partial charge in [-0.05, 0) is 35.4 Å². The lowest BCUT2D eigenvalue weighted by Gasteiger charge is -2.27. The van der Waals surface area contributed by atoms with Crippen LogP contribution in [0.5, 0.6) is 0 Å². The molecule has 35 heavy (non-hydrogen) atoms. The Bertz CT molecular complexity index is 1250. The number of sulfonamides is 1. The average Bonchev–Trinajstić information content (AvgIpc) is 2.87. The molecule has 8 heteroatoms. The highest BCUT2D eigenvalue weighted by Gasteiger charge is 2.18. The Kier molecular flexibility index (Phi) is 7.94. The Morgan fingerprint density at radius 1 is 0.886 bits per heavy atom. The summed E-state index contributed by atoms with van der Waals surface area (Å²) < 4.78 is 26.0. The number of likely N-dealkylation sites (tertiary alicyclic amines) is 1. The maximum absolute atomic E-state index is 12.6. The minimum absolute atomic E-state index is 0.187. The van der Waals surface area contributed by atoms with E-state index >= 15 is 0 Å². The van der Waals surface area contributed by atoms with Crippen molar-refractivity contribution in [3.05, 3.63) is 102 Å². The molecule has 0 aliphatic carbocycles. The minimum atomic E-state index is -3.45. The van der Waals surface area contributed by atoms with Crippen LogP contribution in [-0.4, -0.2) is 44.3 Å². The van der Waals surface area contributed by atoms with Crippen molar-refractivity contribution in [2.75, 3.05) is 23.7 Å². The maximum Gasteiger partial charge on any atom is 0.271 e. The van der Waals surface area contributed by atoms with Crippen LogP contribution in [0, 0.1) is 0 Å².